The van der Waals surface area contributed by atoms with Gasteiger partial charge in [0.25, 0.3) is 10.1 Å². The van der Waals surface area contributed by atoms with Gasteiger partial charge in [0, 0.05) is 64.6 Å². The summed E-state index contributed by atoms with van der Waals surface area (Å²) in [6.45, 7) is 9.62. The largest absolute Gasteiger partial charge is 0.748 e. The lowest BCUT2D eigenvalue weighted by Gasteiger charge is -2.27. The molecular formula is C31H42N4O6S2. The van der Waals surface area contributed by atoms with E-state index in [1.54, 1.807) is 0 Å². The molecule has 12 heteroatoms. The van der Waals surface area contributed by atoms with Crippen molar-refractivity contribution in [1.29, 1.82) is 0 Å². The van der Waals surface area contributed by atoms with Crippen LogP contribution < -0.4 is 16.4 Å². The molecule has 234 valence electrons. The second-order valence-electron chi connectivity index (χ2n) is 12.4. The van der Waals surface area contributed by atoms with Crippen LogP contribution in [-0.4, -0.2) is 60.8 Å². The number of nitrogens with zero attached hydrogens (tertiary/aromatic N) is 2. The van der Waals surface area contributed by atoms with E-state index in [1.807, 2.05) is 42.5 Å². The summed E-state index contributed by atoms with van der Waals surface area (Å²) in [5, 5.41) is 0. The van der Waals surface area contributed by atoms with Crippen LogP contribution in [0.25, 0.3) is 0 Å². The molecule has 0 saturated heterocycles. The van der Waals surface area contributed by atoms with Crippen LogP contribution in [0.1, 0.15) is 64.5 Å². The van der Waals surface area contributed by atoms with Gasteiger partial charge in [0.2, 0.25) is 5.69 Å². The summed E-state index contributed by atoms with van der Waals surface area (Å²) in [5.41, 5.74) is 19.1. The minimum absolute atomic E-state index is 0.274. The van der Waals surface area contributed by atoms with Gasteiger partial charge in [0.15, 0.2) is 5.71 Å². The number of nitrogens with two attached hydrogens (primary N) is 2. The van der Waals surface area contributed by atoms with Gasteiger partial charge in [-0.2, -0.15) is 13.0 Å². The molecule has 0 unspecified atom stereocenters. The Hall–Kier alpha value is -3.19. The average molecular weight is 631 g/mol. The summed E-state index contributed by atoms with van der Waals surface area (Å²) < 4.78 is 67.3. The molecule has 0 spiro atoms. The number of rotatable bonds is 12. The van der Waals surface area contributed by atoms with E-state index in [2.05, 4.69) is 49.3 Å². The van der Waals surface area contributed by atoms with Crippen LogP contribution in [0.4, 0.5) is 22.7 Å². The molecule has 2 aliphatic rings. The highest BCUT2D eigenvalue weighted by molar-refractivity contribution is 7.85. The Morgan fingerprint density at radius 3 is 2.16 bits per heavy atom. The van der Waals surface area contributed by atoms with Gasteiger partial charge in [-0.15, -0.1) is 0 Å². The highest BCUT2D eigenvalue weighted by Crippen LogP contribution is 2.48. The number of allylic oxidation sites excluding steroid dienone is 4. The topological polar surface area (TPSA) is 170 Å². The highest BCUT2D eigenvalue weighted by atomic mass is 32.2. The summed E-state index contributed by atoms with van der Waals surface area (Å²) in [6, 6.07) is 11.6. The summed E-state index contributed by atoms with van der Waals surface area (Å²) in [6.07, 6.45) is 7.85. The molecule has 4 rings (SSSR count). The molecule has 2 aromatic carbocycles. The Kier molecular flexibility index (Phi) is 9.18. The maximum atomic E-state index is 11.3. The Balaban J connectivity index is 1.69. The fourth-order valence-corrected chi connectivity index (χ4v) is 7.33. The standard InChI is InChI=1S/C31H42N4O6S2/c1-30(2)24-20-22(32)12-14-26(24)34(16-5-7-18-42(36,37)38)28(30)10-9-11-29-31(3,4)25-21-23(33)13-15-27(25)35(29)17-6-8-19-43(39,40)41/h9-15,20-21H,5-8,16-19,32-33H2,1-4H3,(H-,36,37,38,39,40,41). The molecule has 0 aliphatic carbocycles. The van der Waals surface area contributed by atoms with E-state index in [0.717, 1.165) is 33.9 Å². The smallest absolute Gasteiger partial charge is 0.264 e. The van der Waals surface area contributed by atoms with Crippen LogP contribution in [-0.2, 0) is 31.1 Å². The van der Waals surface area contributed by atoms with Crippen molar-refractivity contribution in [2.75, 3.05) is 41.0 Å². The van der Waals surface area contributed by atoms with Crippen molar-refractivity contribution in [2.45, 2.75) is 64.2 Å². The van der Waals surface area contributed by atoms with Crippen molar-refractivity contribution in [2.24, 2.45) is 0 Å². The zero-order chi connectivity index (χ0) is 31.8. The minimum Gasteiger partial charge on any atom is -0.748 e. The molecule has 2 heterocycles. The molecule has 43 heavy (non-hydrogen) atoms. The van der Waals surface area contributed by atoms with Crippen molar-refractivity contribution in [3.8, 4) is 0 Å². The fraction of sp³-hybridized carbons (Fsp3) is 0.452. The first-order valence-electron chi connectivity index (χ1n) is 14.4. The van der Waals surface area contributed by atoms with Gasteiger partial charge >= 0.3 is 0 Å². The van der Waals surface area contributed by atoms with E-state index in [-0.39, 0.29) is 23.0 Å². The lowest BCUT2D eigenvalue weighted by atomic mass is 9.81. The fourth-order valence-electron chi connectivity index (χ4n) is 6.20. The normalized spacial score (nSPS) is 18.6. The van der Waals surface area contributed by atoms with Crippen LogP contribution in [0.2, 0.25) is 0 Å². The molecule has 0 fully saturated rings. The van der Waals surface area contributed by atoms with Crippen molar-refractivity contribution in [3.05, 3.63) is 71.5 Å². The molecule has 2 aliphatic heterocycles. The third-order valence-corrected chi connectivity index (χ3v) is 9.99. The number of unbranched alkanes of at least 4 members (excludes halogenated alkanes) is 2. The molecule has 0 atom stereocenters. The first-order valence-corrected chi connectivity index (χ1v) is 17.6. The van der Waals surface area contributed by atoms with E-state index in [1.165, 1.54) is 0 Å². The lowest BCUT2D eigenvalue weighted by molar-refractivity contribution is -0.438. The number of hydrogen-bond donors (Lipinski definition) is 3. The van der Waals surface area contributed by atoms with E-state index < -0.39 is 26.0 Å². The quantitative estimate of drug-likeness (QED) is 0.133. The second-order valence-corrected chi connectivity index (χ2v) is 15.5. The van der Waals surface area contributed by atoms with Gasteiger partial charge in [0.1, 0.15) is 6.54 Å². The number of hydrogen-bond acceptors (Lipinski definition) is 8. The van der Waals surface area contributed by atoms with Crippen LogP contribution in [0.15, 0.2) is 60.3 Å². The SMILES string of the molecule is CC1(C)C(=CC=CC2=[N+](CCCCS(=O)(=O)O)c3ccc(N)cc3C2(C)C)N(CCCCS(=O)(=O)[O-])c2ccc(N)cc21. The van der Waals surface area contributed by atoms with Gasteiger partial charge < -0.3 is 20.9 Å². The van der Waals surface area contributed by atoms with Gasteiger partial charge in [0.05, 0.1) is 21.3 Å². The minimum atomic E-state index is -4.27. The Labute approximate surface area is 255 Å². The van der Waals surface area contributed by atoms with Crippen LogP contribution in [0.5, 0.6) is 0 Å². The van der Waals surface area contributed by atoms with Crippen LogP contribution >= 0.6 is 0 Å². The Morgan fingerprint density at radius 2 is 1.51 bits per heavy atom. The molecule has 2 aromatic rings. The van der Waals surface area contributed by atoms with Crippen molar-refractivity contribution in [1.82, 2.24) is 0 Å². The van der Waals surface area contributed by atoms with Gasteiger partial charge in [-0.3, -0.25) is 4.55 Å². The molecule has 0 radical (unpaired) electrons. The molecule has 5 N–H and O–H groups in total. The predicted octanol–water partition coefficient (Wildman–Crippen LogP) is 4.46. The highest BCUT2D eigenvalue weighted by Gasteiger charge is 2.44. The maximum absolute atomic E-state index is 11.3. The number of nitrogen functional groups attached to an aromatic ring is 2. The van der Waals surface area contributed by atoms with Crippen LogP contribution in [0.3, 0.4) is 0 Å². The first-order chi connectivity index (χ1) is 19.9. The Bertz CT molecular complexity index is 1710. The van der Waals surface area contributed by atoms with E-state index in [9.17, 15) is 25.9 Å². The molecule has 0 aromatic heterocycles. The van der Waals surface area contributed by atoms with E-state index in [4.69, 9.17) is 11.5 Å². The number of benzene rings is 2. The number of fused-ring (bicyclic) bond motifs is 2. The summed E-state index contributed by atoms with van der Waals surface area (Å²) in [7, 11) is -8.30. The van der Waals surface area contributed by atoms with Gasteiger partial charge in [-0.25, -0.2) is 8.42 Å². The molecule has 10 nitrogen and oxygen atoms in total. The Morgan fingerprint density at radius 1 is 0.884 bits per heavy atom. The van der Waals surface area contributed by atoms with E-state index in [0.29, 0.717) is 43.7 Å². The van der Waals surface area contributed by atoms with Crippen molar-refractivity contribution < 1.29 is 30.5 Å². The summed E-state index contributed by atoms with van der Waals surface area (Å²) in [4.78, 5) is 2.17. The first kappa shape index (κ1) is 32.7. The second kappa shape index (κ2) is 12.1. The molecule has 0 bridgehead atoms. The van der Waals surface area contributed by atoms with Gasteiger partial charge in [-0.05, 0) is 75.1 Å². The molecule has 0 amide bonds. The molecular weight excluding hydrogens is 588 g/mol. The van der Waals surface area contributed by atoms with Crippen LogP contribution in [0, 0.1) is 0 Å². The summed E-state index contributed by atoms with van der Waals surface area (Å²) >= 11 is 0. The third kappa shape index (κ3) is 7.31. The zero-order valence-corrected chi connectivity index (χ0v) is 26.8. The van der Waals surface area contributed by atoms with Gasteiger partial charge in [-0.1, -0.05) is 19.9 Å². The third-order valence-electron chi connectivity index (χ3n) is 8.40. The molecule has 0 saturated carbocycles. The van der Waals surface area contributed by atoms with E-state index >= 15 is 0 Å². The maximum Gasteiger partial charge on any atom is 0.264 e. The zero-order valence-electron chi connectivity index (χ0n) is 25.2. The monoisotopic (exact) mass is 630 g/mol. The predicted molar refractivity (Wildman–Crippen MR) is 172 cm³/mol. The lowest BCUT2D eigenvalue weighted by Crippen LogP contribution is -2.28. The number of anilines is 3. The average Bonchev–Trinajstić information content (AvgIpc) is 3.22. The van der Waals surface area contributed by atoms with Crippen molar-refractivity contribution in [3.63, 3.8) is 0 Å². The van der Waals surface area contributed by atoms with Crippen molar-refractivity contribution >= 4 is 48.7 Å². The summed E-state index contributed by atoms with van der Waals surface area (Å²) in [5.74, 6) is -0.677.